The van der Waals surface area contributed by atoms with Crippen LogP contribution < -0.4 is 15.5 Å². The lowest BCUT2D eigenvalue weighted by Gasteiger charge is -2.48. The van der Waals surface area contributed by atoms with Gasteiger partial charge in [-0.2, -0.15) is 0 Å². The Morgan fingerprint density at radius 3 is 2.75 bits per heavy atom. The molecule has 28 heavy (non-hydrogen) atoms. The molecule has 2 aromatic carbocycles. The average Bonchev–Trinajstić information content (AvgIpc) is 2.71. The number of ether oxygens (including phenoxy) is 1. The first-order valence-electron chi connectivity index (χ1n) is 9.86. The highest BCUT2D eigenvalue weighted by atomic mass is 35.5. The summed E-state index contributed by atoms with van der Waals surface area (Å²) in [5.74, 6) is 1.10. The summed E-state index contributed by atoms with van der Waals surface area (Å²) in [6.45, 7) is 3.99. The highest BCUT2D eigenvalue weighted by Gasteiger charge is 2.44. The zero-order valence-corrected chi connectivity index (χ0v) is 17.0. The molecule has 0 unspecified atom stereocenters. The van der Waals surface area contributed by atoms with Crippen molar-refractivity contribution in [3.8, 4) is 0 Å². The highest BCUT2D eigenvalue weighted by molar-refractivity contribution is 6.30. The average molecular weight is 399 g/mol. The fourth-order valence-electron chi connectivity index (χ4n) is 4.15. The van der Waals surface area contributed by atoms with E-state index < -0.39 is 0 Å². The van der Waals surface area contributed by atoms with Crippen molar-refractivity contribution in [2.24, 2.45) is 4.99 Å². The molecule has 0 aromatic heterocycles. The quantitative estimate of drug-likeness (QED) is 0.800. The third kappa shape index (κ3) is 3.88. The zero-order chi connectivity index (χ0) is 19.4. The first-order valence-corrected chi connectivity index (χ1v) is 10.2. The van der Waals surface area contributed by atoms with Gasteiger partial charge in [-0.05, 0) is 55.8 Å². The van der Waals surface area contributed by atoms with Crippen LogP contribution in [0.4, 0.5) is 11.4 Å². The van der Waals surface area contributed by atoms with Crippen LogP contribution in [-0.4, -0.2) is 44.7 Å². The molecule has 1 saturated heterocycles. The van der Waals surface area contributed by atoms with E-state index in [1.165, 1.54) is 5.69 Å². The Hall–Kier alpha value is -2.08. The number of para-hydroxylation sites is 2. The normalized spacial score (nSPS) is 19.5. The topological polar surface area (TPSA) is 48.9 Å². The van der Waals surface area contributed by atoms with Crippen molar-refractivity contribution in [2.75, 3.05) is 43.6 Å². The van der Waals surface area contributed by atoms with E-state index in [2.05, 4.69) is 45.9 Å². The van der Waals surface area contributed by atoms with Gasteiger partial charge < -0.3 is 20.3 Å². The Bertz CT molecular complexity index is 848. The van der Waals surface area contributed by atoms with Gasteiger partial charge in [0.05, 0.1) is 30.1 Å². The second-order valence-corrected chi connectivity index (χ2v) is 7.82. The van der Waals surface area contributed by atoms with Crippen LogP contribution >= 0.6 is 11.6 Å². The van der Waals surface area contributed by atoms with Crippen molar-refractivity contribution < 1.29 is 4.74 Å². The Morgan fingerprint density at radius 2 is 1.96 bits per heavy atom. The molecule has 4 rings (SSSR count). The van der Waals surface area contributed by atoms with Gasteiger partial charge in [-0.1, -0.05) is 35.9 Å². The number of amidine groups is 1. The first kappa shape index (κ1) is 19.2. The molecule has 148 valence electrons. The van der Waals surface area contributed by atoms with Crippen molar-refractivity contribution >= 4 is 28.8 Å². The minimum atomic E-state index is -0.161. The Kier molecular flexibility index (Phi) is 5.85. The van der Waals surface area contributed by atoms with Crippen LogP contribution in [0, 0.1) is 0 Å². The molecule has 0 bridgehead atoms. The number of anilines is 2. The summed E-state index contributed by atoms with van der Waals surface area (Å²) >= 11 is 6.18. The van der Waals surface area contributed by atoms with E-state index in [1.54, 1.807) is 7.11 Å². The lowest BCUT2D eigenvalue weighted by atomic mass is 9.83. The van der Waals surface area contributed by atoms with Gasteiger partial charge in [0, 0.05) is 18.7 Å². The molecule has 2 aliphatic heterocycles. The number of hydrogen-bond donors (Lipinski definition) is 2. The number of nitrogens with one attached hydrogen (secondary N) is 2. The summed E-state index contributed by atoms with van der Waals surface area (Å²) in [5.41, 5.74) is 3.29. The van der Waals surface area contributed by atoms with E-state index in [4.69, 9.17) is 21.3 Å². The summed E-state index contributed by atoms with van der Waals surface area (Å²) < 4.78 is 5.42. The molecule has 2 aliphatic rings. The summed E-state index contributed by atoms with van der Waals surface area (Å²) in [4.78, 5) is 7.48. The number of halogens is 1. The van der Waals surface area contributed by atoms with Gasteiger partial charge in [0.1, 0.15) is 5.84 Å². The summed E-state index contributed by atoms with van der Waals surface area (Å²) in [6.07, 6.45) is 2.00. The molecule has 0 aliphatic carbocycles. The third-order valence-electron chi connectivity index (χ3n) is 5.53. The van der Waals surface area contributed by atoms with E-state index in [1.807, 2.05) is 18.2 Å². The summed E-state index contributed by atoms with van der Waals surface area (Å²) in [5, 5.41) is 8.07. The van der Waals surface area contributed by atoms with Crippen LogP contribution in [-0.2, 0) is 11.3 Å². The SMILES string of the molecule is COCCN1C(=NCc2cccc(Cl)c2)C2(CCNCC2)Nc2ccccc21. The first-order chi connectivity index (χ1) is 13.7. The monoisotopic (exact) mass is 398 g/mol. The molecule has 2 aromatic rings. The van der Waals surface area contributed by atoms with Crippen LogP contribution in [0.25, 0.3) is 0 Å². The maximum Gasteiger partial charge on any atom is 0.130 e. The van der Waals surface area contributed by atoms with Gasteiger partial charge in [0.25, 0.3) is 0 Å². The molecule has 1 spiro atoms. The van der Waals surface area contributed by atoms with Gasteiger partial charge in [0.2, 0.25) is 0 Å². The number of methoxy groups -OCH3 is 1. The van der Waals surface area contributed by atoms with Gasteiger partial charge in [0.15, 0.2) is 0 Å². The van der Waals surface area contributed by atoms with Gasteiger partial charge in [-0.15, -0.1) is 0 Å². The maximum atomic E-state index is 6.18. The van der Waals surface area contributed by atoms with Crippen molar-refractivity contribution in [3.63, 3.8) is 0 Å². The Morgan fingerprint density at radius 1 is 1.14 bits per heavy atom. The van der Waals surface area contributed by atoms with Crippen LogP contribution in [0.3, 0.4) is 0 Å². The minimum absolute atomic E-state index is 0.161. The molecule has 5 nitrogen and oxygen atoms in total. The Labute approximate surface area is 171 Å². The van der Waals surface area contributed by atoms with E-state index in [0.717, 1.165) is 54.6 Å². The molecule has 2 heterocycles. The maximum absolute atomic E-state index is 6.18. The van der Waals surface area contributed by atoms with E-state index in [-0.39, 0.29) is 5.54 Å². The lowest BCUT2D eigenvalue weighted by molar-refractivity contribution is 0.207. The smallest absolute Gasteiger partial charge is 0.130 e. The standard InChI is InChI=1S/C22H27ClN4O/c1-28-14-13-27-20-8-3-2-7-19(20)26-22(9-11-24-12-10-22)21(27)25-16-17-5-4-6-18(23)15-17/h2-8,15,24,26H,9-14,16H2,1H3. The van der Waals surface area contributed by atoms with Crippen LogP contribution in [0.1, 0.15) is 18.4 Å². The molecule has 6 heteroatoms. The number of rotatable bonds is 5. The predicted octanol–water partition coefficient (Wildman–Crippen LogP) is 3.94. The summed E-state index contributed by atoms with van der Waals surface area (Å²) in [7, 11) is 1.75. The zero-order valence-electron chi connectivity index (χ0n) is 16.2. The molecule has 0 amide bonds. The molecule has 0 atom stereocenters. The summed E-state index contributed by atoms with van der Waals surface area (Å²) in [6, 6.07) is 16.4. The number of nitrogens with zero attached hydrogens (tertiary/aromatic N) is 2. The van der Waals surface area contributed by atoms with Gasteiger partial charge in [-0.25, -0.2) is 0 Å². The molecule has 1 fully saturated rings. The Balaban J connectivity index is 1.75. The fraction of sp³-hybridized carbons (Fsp3) is 0.409. The van der Waals surface area contributed by atoms with Crippen LogP contribution in [0.5, 0.6) is 0 Å². The molecule has 0 saturated carbocycles. The fourth-order valence-corrected chi connectivity index (χ4v) is 4.36. The number of aliphatic imine (C=N–C) groups is 1. The number of piperidine rings is 1. The largest absolute Gasteiger partial charge is 0.383 e. The van der Waals surface area contributed by atoms with Gasteiger partial charge >= 0.3 is 0 Å². The third-order valence-corrected chi connectivity index (χ3v) is 5.76. The van der Waals surface area contributed by atoms with Crippen molar-refractivity contribution in [3.05, 3.63) is 59.1 Å². The van der Waals surface area contributed by atoms with E-state index >= 15 is 0 Å². The van der Waals surface area contributed by atoms with Crippen LogP contribution in [0.15, 0.2) is 53.5 Å². The minimum Gasteiger partial charge on any atom is -0.383 e. The van der Waals surface area contributed by atoms with Crippen LogP contribution in [0.2, 0.25) is 5.02 Å². The lowest BCUT2D eigenvalue weighted by Crippen LogP contribution is -2.62. The number of hydrogen-bond acceptors (Lipinski definition) is 4. The van der Waals surface area contributed by atoms with E-state index in [0.29, 0.717) is 13.2 Å². The molecular weight excluding hydrogens is 372 g/mol. The number of fused-ring (bicyclic) bond motifs is 1. The van der Waals surface area contributed by atoms with Crippen molar-refractivity contribution in [1.82, 2.24) is 5.32 Å². The second kappa shape index (κ2) is 8.52. The highest BCUT2D eigenvalue weighted by Crippen LogP contribution is 2.39. The number of benzene rings is 2. The van der Waals surface area contributed by atoms with Crippen molar-refractivity contribution in [1.29, 1.82) is 0 Å². The van der Waals surface area contributed by atoms with Crippen molar-refractivity contribution in [2.45, 2.75) is 24.9 Å². The molecule has 0 radical (unpaired) electrons. The van der Waals surface area contributed by atoms with Gasteiger partial charge in [-0.3, -0.25) is 4.99 Å². The molecule has 2 N–H and O–H groups in total. The van der Waals surface area contributed by atoms with E-state index in [9.17, 15) is 0 Å². The molecular formula is C22H27ClN4O. The predicted molar refractivity (Wildman–Crippen MR) is 117 cm³/mol. The second-order valence-electron chi connectivity index (χ2n) is 7.39.